The molecule has 9 heteroatoms. The van der Waals surface area contributed by atoms with Gasteiger partial charge in [0.25, 0.3) is 11.6 Å². The van der Waals surface area contributed by atoms with Gasteiger partial charge in [-0.25, -0.2) is 0 Å². The lowest BCUT2D eigenvalue weighted by Crippen LogP contribution is -2.37. The van der Waals surface area contributed by atoms with Crippen molar-refractivity contribution in [3.05, 3.63) is 93.8 Å². The minimum Gasteiger partial charge on any atom is -0.497 e. The van der Waals surface area contributed by atoms with Crippen molar-refractivity contribution < 1.29 is 19.2 Å². The van der Waals surface area contributed by atoms with Crippen LogP contribution in [-0.4, -0.2) is 47.1 Å². The summed E-state index contributed by atoms with van der Waals surface area (Å²) in [5.74, 6) is 0.408. The summed E-state index contributed by atoms with van der Waals surface area (Å²) in [5.41, 5.74) is 2.07. The van der Waals surface area contributed by atoms with Crippen LogP contribution in [0.25, 0.3) is 0 Å². The minimum atomic E-state index is -0.475. The zero-order valence-electron chi connectivity index (χ0n) is 20.4. The van der Waals surface area contributed by atoms with Gasteiger partial charge in [0.15, 0.2) is 0 Å². The third-order valence-electron chi connectivity index (χ3n) is 6.19. The molecular weight excluding hydrogens is 460 g/mol. The SMILES string of the molecule is COc1cccc(CN(CC2CCCO2)C(=O)c2ccc(NC(C)c3ccccn3)c([N+](=O)[O-])c2)c1. The van der Waals surface area contributed by atoms with Crippen molar-refractivity contribution in [1.82, 2.24) is 9.88 Å². The predicted molar refractivity (Wildman–Crippen MR) is 136 cm³/mol. The first kappa shape index (κ1) is 25.1. The molecule has 1 amide bonds. The van der Waals surface area contributed by atoms with Crippen LogP contribution in [0.5, 0.6) is 5.75 Å². The van der Waals surface area contributed by atoms with E-state index in [0.29, 0.717) is 31.1 Å². The van der Waals surface area contributed by atoms with Crippen LogP contribution >= 0.6 is 0 Å². The van der Waals surface area contributed by atoms with Crippen LogP contribution in [0.2, 0.25) is 0 Å². The Morgan fingerprint density at radius 3 is 2.81 bits per heavy atom. The van der Waals surface area contributed by atoms with Gasteiger partial charge in [0, 0.05) is 37.5 Å². The minimum absolute atomic E-state index is 0.0605. The molecule has 1 aliphatic rings. The van der Waals surface area contributed by atoms with E-state index in [1.807, 2.05) is 49.4 Å². The van der Waals surface area contributed by atoms with Crippen LogP contribution in [0.1, 0.15) is 47.4 Å². The molecule has 4 rings (SSSR count). The molecule has 1 saturated heterocycles. The summed E-state index contributed by atoms with van der Waals surface area (Å²) >= 11 is 0. The number of benzene rings is 2. The maximum atomic E-state index is 13.6. The third-order valence-corrected chi connectivity index (χ3v) is 6.19. The first-order valence-corrected chi connectivity index (χ1v) is 11.9. The molecule has 0 saturated carbocycles. The van der Waals surface area contributed by atoms with E-state index in [1.165, 1.54) is 6.07 Å². The van der Waals surface area contributed by atoms with E-state index in [9.17, 15) is 14.9 Å². The van der Waals surface area contributed by atoms with E-state index in [-0.39, 0.29) is 29.3 Å². The smallest absolute Gasteiger partial charge is 0.293 e. The Labute approximate surface area is 210 Å². The lowest BCUT2D eigenvalue weighted by Gasteiger charge is -2.26. The van der Waals surface area contributed by atoms with Gasteiger partial charge in [-0.15, -0.1) is 0 Å². The van der Waals surface area contributed by atoms with Gasteiger partial charge in [0.05, 0.1) is 29.9 Å². The molecule has 0 radical (unpaired) electrons. The maximum absolute atomic E-state index is 13.6. The van der Waals surface area contributed by atoms with Gasteiger partial charge in [0.2, 0.25) is 0 Å². The fraction of sp³-hybridized carbons (Fsp3) is 0.333. The van der Waals surface area contributed by atoms with E-state index in [1.54, 1.807) is 30.3 Å². The normalized spacial score (nSPS) is 15.8. The van der Waals surface area contributed by atoms with Gasteiger partial charge >= 0.3 is 0 Å². The number of carbonyl (C=O) groups excluding carboxylic acids is 1. The molecule has 2 heterocycles. The Hall–Kier alpha value is -3.98. The van der Waals surface area contributed by atoms with Gasteiger partial charge < -0.3 is 19.7 Å². The fourth-order valence-corrected chi connectivity index (χ4v) is 4.30. The predicted octanol–water partition coefficient (Wildman–Crippen LogP) is 4.99. The Morgan fingerprint density at radius 2 is 2.11 bits per heavy atom. The van der Waals surface area contributed by atoms with Crippen LogP contribution in [-0.2, 0) is 11.3 Å². The van der Waals surface area contributed by atoms with Gasteiger partial charge in [-0.2, -0.15) is 0 Å². The molecule has 1 fully saturated rings. The number of pyridine rings is 1. The number of nitrogens with one attached hydrogen (secondary N) is 1. The summed E-state index contributed by atoms with van der Waals surface area (Å²) in [6, 6.07) is 17.3. The number of nitrogens with zero attached hydrogens (tertiary/aromatic N) is 3. The zero-order valence-corrected chi connectivity index (χ0v) is 20.4. The highest BCUT2D eigenvalue weighted by molar-refractivity contribution is 5.95. The van der Waals surface area contributed by atoms with E-state index >= 15 is 0 Å². The highest BCUT2D eigenvalue weighted by atomic mass is 16.6. The Kier molecular flexibility index (Phi) is 8.12. The van der Waals surface area contributed by atoms with Crippen molar-refractivity contribution in [2.75, 3.05) is 25.6 Å². The summed E-state index contributed by atoms with van der Waals surface area (Å²) in [7, 11) is 1.60. The van der Waals surface area contributed by atoms with Crippen molar-refractivity contribution in [3.63, 3.8) is 0 Å². The quantitative estimate of drug-likeness (QED) is 0.315. The van der Waals surface area contributed by atoms with Crippen molar-refractivity contribution >= 4 is 17.3 Å². The van der Waals surface area contributed by atoms with E-state index in [2.05, 4.69) is 10.3 Å². The first-order chi connectivity index (χ1) is 17.4. The van der Waals surface area contributed by atoms with Crippen molar-refractivity contribution in [2.45, 2.75) is 38.5 Å². The van der Waals surface area contributed by atoms with Gasteiger partial charge in [-0.05, 0) is 61.7 Å². The monoisotopic (exact) mass is 490 g/mol. The number of hydrogen-bond donors (Lipinski definition) is 1. The third kappa shape index (κ3) is 6.17. The highest BCUT2D eigenvalue weighted by Crippen LogP contribution is 2.30. The number of aromatic nitrogens is 1. The molecule has 1 N–H and O–H groups in total. The van der Waals surface area contributed by atoms with E-state index in [4.69, 9.17) is 9.47 Å². The molecule has 36 heavy (non-hydrogen) atoms. The standard InChI is InChI=1S/C27H30N4O5/c1-19(24-10-3-4-13-28-24)29-25-12-11-21(16-26(25)31(33)34)27(32)30(18-23-9-6-14-36-23)17-20-7-5-8-22(15-20)35-2/h3-5,7-8,10-13,15-16,19,23,29H,6,9,14,17-18H2,1-2H3. The molecule has 188 valence electrons. The molecule has 1 aromatic heterocycles. The van der Waals surface area contributed by atoms with Gasteiger partial charge in [-0.1, -0.05) is 18.2 Å². The Bertz CT molecular complexity index is 1200. The number of amides is 1. The number of anilines is 1. The molecule has 9 nitrogen and oxygen atoms in total. The molecular formula is C27H30N4O5. The van der Waals surface area contributed by atoms with E-state index < -0.39 is 4.92 Å². The van der Waals surface area contributed by atoms with Crippen LogP contribution in [0.15, 0.2) is 66.9 Å². The number of nitro benzene ring substituents is 1. The second kappa shape index (κ2) is 11.6. The van der Waals surface area contributed by atoms with Gasteiger partial charge in [-0.3, -0.25) is 19.9 Å². The van der Waals surface area contributed by atoms with Crippen LogP contribution in [0, 0.1) is 10.1 Å². The largest absolute Gasteiger partial charge is 0.497 e. The zero-order chi connectivity index (χ0) is 25.5. The highest BCUT2D eigenvalue weighted by Gasteiger charge is 2.26. The summed E-state index contributed by atoms with van der Waals surface area (Å²) in [6.45, 7) is 3.29. The molecule has 2 unspecified atom stereocenters. The number of hydrogen-bond acceptors (Lipinski definition) is 7. The van der Waals surface area contributed by atoms with Crippen molar-refractivity contribution in [2.24, 2.45) is 0 Å². The summed E-state index contributed by atoms with van der Waals surface area (Å²) < 4.78 is 11.1. The number of rotatable bonds is 10. The Morgan fingerprint density at radius 1 is 1.25 bits per heavy atom. The molecule has 2 atom stereocenters. The number of ether oxygens (including phenoxy) is 2. The van der Waals surface area contributed by atoms with Crippen molar-refractivity contribution in [3.8, 4) is 5.75 Å². The Balaban J connectivity index is 1.59. The topological polar surface area (TPSA) is 107 Å². The summed E-state index contributed by atoms with van der Waals surface area (Å²) in [5, 5.41) is 15.1. The van der Waals surface area contributed by atoms with E-state index in [0.717, 1.165) is 24.1 Å². The number of methoxy groups -OCH3 is 1. The second-order valence-electron chi connectivity index (χ2n) is 8.78. The average Bonchev–Trinajstić information content (AvgIpc) is 3.42. The van der Waals surface area contributed by atoms with Crippen LogP contribution in [0.3, 0.4) is 0 Å². The van der Waals surface area contributed by atoms with Crippen molar-refractivity contribution in [1.29, 1.82) is 0 Å². The summed E-state index contributed by atoms with van der Waals surface area (Å²) in [4.78, 5) is 31.0. The van der Waals surface area contributed by atoms with Gasteiger partial charge in [0.1, 0.15) is 11.4 Å². The molecule has 2 aromatic carbocycles. The molecule has 3 aromatic rings. The van der Waals surface area contributed by atoms with Crippen LogP contribution in [0.4, 0.5) is 11.4 Å². The van der Waals surface area contributed by atoms with Crippen LogP contribution < -0.4 is 10.1 Å². The average molecular weight is 491 g/mol. The lowest BCUT2D eigenvalue weighted by molar-refractivity contribution is -0.384. The molecule has 0 aliphatic carbocycles. The molecule has 0 spiro atoms. The molecule has 1 aliphatic heterocycles. The lowest BCUT2D eigenvalue weighted by atomic mass is 10.1. The first-order valence-electron chi connectivity index (χ1n) is 11.9. The number of carbonyl (C=O) groups is 1. The number of nitro groups is 1. The summed E-state index contributed by atoms with van der Waals surface area (Å²) in [6.07, 6.45) is 3.44. The molecule has 0 bridgehead atoms. The maximum Gasteiger partial charge on any atom is 0.293 e. The fourth-order valence-electron chi connectivity index (χ4n) is 4.30. The second-order valence-corrected chi connectivity index (χ2v) is 8.78.